The Kier molecular flexibility index (Phi) is 3.62. The Morgan fingerprint density at radius 1 is 1.28 bits per heavy atom. The lowest BCUT2D eigenvalue weighted by molar-refractivity contribution is -0.137. The normalized spacial score (nSPS) is 10.4. The van der Waals surface area contributed by atoms with Crippen LogP contribution in [0, 0.1) is 0 Å². The minimum absolute atomic E-state index is 0.248. The third kappa shape index (κ3) is 2.88. The maximum Gasteiger partial charge on any atom is 0.322 e. The van der Waals surface area contributed by atoms with Crippen LogP contribution in [0.25, 0.3) is 10.9 Å². The third-order valence-electron chi connectivity index (χ3n) is 2.73. The van der Waals surface area contributed by atoms with E-state index in [2.05, 4.69) is 10.3 Å². The van der Waals surface area contributed by atoms with Crippen LogP contribution in [-0.2, 0) is 16.0 Å². The van der Waals surface area contributed by atoms with E-state index in [0.717, 1.165) is 16.5 Å². The van der Waals surface area contributed by atoms with E-state index >= 15 is 0 Å². The van der Waals surface area contributed by atoms with E-state index in [1.807, 2.05) is 30.5 Å². The molecule has 0 spiro atoms. The summed E-state index contributed by atoms with van der Waals surface area (Å²) in [6.07, 6.45) is 2.76. The second kappa shape index (κ2) is 5.35. The van der Waals surface area contributed by atoms with Crippen LogP contribution in [0.2, 0.25) is 0 Å². The average Bonchev–Trinajstić information content (AvgIpc) is 2.77. The molecule has 0 unspecified atom stereocenters. The molecular weight excluding hydrogens is 232 g/mol. The summed E-state index contributed by atoms with van der Waals surface area (Å²) in [6, 6.07) is 7.87. The molecule has 0 atom stereocenters. The van der Waals surface area contributed by atoms with Crippen molar-refractivity contribution in [3.8, 4) is 0 Å². The zero-order valence-electron chi connectivity index (χ0n) is 9.77. The molecule has 0 fully saturated rings. The van der Waals surface area contributed by atoms with Gasteiger partial charge in [0.1, 0.15) is 6.54 Å². The molecule has 0 saturated carbocycles. The Bertz CT molecular complexity index is 574. The van der Waals surface area contributed by atoms with E-state index in [9.17, 15) is 9.59 Å². The quantitative estimate of drug-likeness (QED) is 0.743. The number of carboxylic acids is 1. The number of hydrogen-bond donors (Lipinski definition) is 3. The van der Waals surface area contributed by atoms with Gasteiger partial charge in [-0.2, -0.15) is 0 Å². The summed E-state index contributed by atoms with van der Waals surface area (Å²) in [5.74, 6) is -1.28. The number of carbonyl (C=O) groups excluding carboxylic acids is 1. The van der Waals surface area contributed by atoms with Crippen molar-refractivity contribution in [3.63, 3.8) is 0 Å². The van der Waals surface area contributed by atoms with E-state index in [4.69, 9.17) is 5.11 Å². The van der Waals surface area contributed by atoms with Crippen LogP contribution in [0.1, 0.15) is 12.0 Å². The fourth-order valence-electron chi connectivity index (χ4n) is 1.85. The fraction of sp³-hybridized carbons (Fsp3) is 0.231. The average molecular weight is 246 g/mol. The van der Waals surface area contributed by atoms with Crippen molar-refractivity contribution in [2.75, 3.05) is 6.54 Å². The molecule has 94 valence electrons. The van der Waals surface area contributed by atoms with Gasteiger partial charge in [-0.05, 0) is 18.1 Å². The number of rotatable bonds is 5. The Labute approximate surface area is 104 Å². The highest BCUT2D eigenvalue weighted by Gasteiger charge is 2.07. The first-order valence-corrected chi connectivity index (χ1v) is 5.70. The maximum absolute atomic E-state index is 11.4. The number of aliphatic carboxylic acids is 1. The summed E-state index contributed by atoms with van der Waals surface area (Å²) in [6.45, 7) is -0.327. The van der Waals surface area contributed by atoms with Crippen molar-refractivity contribution in [2.45, 2.75) is 12.8 Å². The number of aromatic nitrogens is 1. The van der Waals surface area contributed by atoms with Crippen molar-refractivity contribution in [1.29, 1.82) is 0 Å². The van der Waals surface area contributed by atoms with Gasteiger partial charge in [-0.15, -0.1) is 0 Å². The first kappa shape index (κ1) is 12.2. The van der Waals surface area contributed by atoms with Crippen LogP contribution in [0.5, 0.6) is 0 Å². The number of nitrogens with one attached hydrogen (secondary N) is 2. The number of H-pyrrole nitrogens is 1. The van der Waals surface area contributed by atoms with Gasteiger partial charge in [0.2, 0.25) is 5.91 Å². The molecule has 0 bridgehead atoms. The Morgan fingerprint density at radius 2 is 2.06 bits per heavy atom. The molecule has 2 aromatic rings. The van der Waals surface area contributed by atoms with Gasteiger partial charge in [0.15, 0.2) is 0 Å². The lowest BCUT2D eigenvalue weighted by Crippen LogP contribution is -2.29. The number of hydrogen-bond acceptors (Lipinski definition) is 2. The molecule has 5 heteroatoms. The summed E-state index contributed by atoms with van der Waals surface area (Å²) in [5.41, 5.74) is 2.11. The van der Waals surface area contributed by atoms with Gasteiger partial charge in [0.25, 0.3) is 0 Å². The number of amides is 1. The van der Waals surface area contributed by atoms with Crippen molar-refractivity contribution < 1.29 is 14.7 Å². The van der Waals surface area contributed by atoms with E-state index < -0.39 is 5.97 Å². The van der Waals surface area contributed by atoms with Gasteiger partial charge in [-0.1, -0.05) is 18.2 Å². The van der Waals surface area contributed by atoms with Gasteiger partial charge in [0.05, 0.1) is 0 Å². The van der Waals surface area contributed by atoms with Gasteiger partial charge >= 0.3 is 5.97 Å². The predicted molar refractivity (Wildman–Crippen MR) is 67.3 cm³/mol. The lowest BCUT2D eigenvalue weighted by atomic mass is 10.1. The molecule has 3 N–H and O–H groups in total. The van der Waals surface area contributed by atoms with Crippen LogP contribution < -0.4 is 5.32 Å². The summed E-state index contributed by atoms with van der Waals surface area (Å²) in [4.78, 5) is 24.8. The fourth-order valence-corrected chi connectivity index (χ4v) is 1.85. The van der Waals surface area contributed by atoms with E-state index in [-0.39, 0.29) is 18.9 Å². The number of carboxylic acid groups (broad SMARTS) is 1. The molecule has 0 aliphatic heterocycles. The van der Waals surface area contributed by atoms with Crippen LogP contribution in [-0.4, -0.2) is 28.5 Å². The van der Waals surface area contributed by atoms with Crippen LogP contribution in [0.4, 0.5) is 0 Å². The van der Waals surface area contributed by atoms with Gasteiger partial charge in [0, 0.05) is 23.5 Å². The highest BCUT2D eigenvalue weighted by atomic mass is 16.4. The molecule has 0 radical (unpaired) electrons. The maximum atomic E-state index is 11.4. The minimum Gasteiger partial charge on any atom is -0.480 e. The monoisotopic (exact) mass is 246 g/mol. The SMILES string of the molecule is O=C(O)CNC(=O)CCc1c[nH]c2ccccc12. The topological polar surface area (TPSA) is 82.2 Å². The molecular formula is C13H14N2O3. The van der Waals surface area contributed by atoms with Crippen molar-refractivity contribution in [1.82, 2.24) is 10.3 Å². The largest absolute Gasteiger partial charge is 0.480 e. The first-order chi connectivity index (χ1) is 8.66. The van der Waals surface area contributed by atoms with Crippen molar-refractivity contribution >= 4 is 22.8 Å². The number of carbonyl (C=O) groups is 2. The van der Waals surface area contributed by atoms with Gasteiger partial charge in [-0.3, -0.25) is 9.59 Å². The van der Waals surface area contributed by atoms with E-state index in [1.54, 1.807) is 0 Å². The van der Waals surface area contributed by atoms with Crippen LogP contribution >= 0.6 is 0 Å². The van der Waals surface area contributed by atoms with Crippen LogP contribution in [0.3, 0.4) is 0 Å². The van der Waals surface area contributed by atoms with E-state index in [0.29, 0.717) is 6.42 Å². The standard InChI is InChI=1S/C13H14N2O3/c16-12(15-8-13(17)18)6-5-9-7-14-11-4-2-1-3-10(9)11/h1-4,7,14H,5-6,8H2,(H,15,16)(H,17,18). The Balaban J connectivity index is 1.94. The van der Waals surface area contributed by atoms with Crippen LogP contribution in [0.15, 0.2) is 30.5 Å². The zero-order chi connectivity index (χ0) is 13.0. The number of para-hydroxylation sites is 1. The second-order valence-electron chi connectivity index (χ2n) is 4.03. The molecule has 0 aliphatic rings. The highest BCUT2D eigenvalue weighted by molar-refractivity contribution is 5.85. The zero-order valence-corrected chi connectivity index (χ0v) is 9.77. The molecule has 1 amide bonds. The molecule has 1 aromatic heterocycles. The van der Waals surface area contributed by atoms with Crippen molar-refractivity contribution in [3.05, 3.63) is 36.0 Å². The minimum atomic E-state index is -1.03. The summed E-state index contributed by atoms with van der Waals surface area (Å²) in [5, 5.41) is 11.9. The number of aromatic amines is 1. The molecule has 0 saturated heterocycles. The molecule has 1 heterocycles. The number of aryl methyl sites for hydroxylation is 1. The molecule has 1 aromatic carbocycles. The smallest absolute Gasteiger partial charge is 0.322 e. The molecule has 0 aliphatic carbocycles. The third-order valence-corrected chi connectivity index (χ3v) is 2.73. The molecule has 18 heavy (non-hydrogen) atoms. The Hall–Kier alpha value is -2.30. The van der Waals surface area contributed by atoms with E-state index in [1.165, 1.54) is 0 Å². The second-order valence-corrected chi connectivity index (χ2v) is 4.03. The molecule has 5 nitrogen and oxygen atoms in total. The predicted octanol–water partition coefficient (Wildman–Crippen LogP) is 1.30. The summed E-state index contributed by atoms with van der Waals surface area (Å²) >= 11 is 0. The number of benzene rings is 1. The highest BCUT2D eigenvalue weighted by Crippen LogP contribution is 2.18. The van der Waals surface area contributed by atoms with Crippen molar-refractivity contribution in [2.24, 2.45) is 0 Å². The summed E-state index contributed by atoms with van der Waals surface area (Å²) < 4.78 is 0. The molecule has 2 rings (SSSR count). The summed E-state index contributed by atoms with van der Waals surface area (Å²) in [7, 11) is 0. The van der Waals surface area contributed by atoms with Gasteiger partial charge in [-0.25, -0.2) is 0 Å². The lowest BCUT2D eigenvalue weighted by Gasteiger charge is -2.01. The first-order valence-electron chi connectivity index (χ1n) is 5.70. The Morgan fingerprint density at radius 3 is 2.83 bits per heavy atom. The van der Waals surface area contributed by atoms with Gasteiger partial charge < -0.3 is 15.4 Å². The number of fused-ring (bicyclic) bond motifs is 1.